The zero-order valence-electron chi connectivity index (χ0n) is 37.0. The Kier molecular flexibility index (Phi) is 16.4. The molecule has 0 bridgehead atoms. The summed E-state index contributed by atoms with van der Waals surface area (Å²) in [7, 11) is 0. The van der Waals surface area contributed by atoms with Gasteiger partial charge in [0.25, 0.3) is 11.8 Å². The fourth-order valence-electron chi connectivity index (χ4n) is 7.36. The maximum atomic E-state index is 13.0. The smallest absolute Gasteiger partial charge is 0.316 e. The molecule has 8 rings (SSSR count). The van der Waals surface area contributed by atoms with E-state index in [0.717, 1.165) is 28.5 Å². The van der Waals surface area contributed by atoms with Crippen molar-refractivity contribution < 1.29 is 33.3 Å². The average Bonchev–Trinajstić information content (AvgIpc) is 4.17. The van der Waals surface area contributed by atoms with Gasteiger partial charge in [-0.25, -0.2) is 14.6 Å². The van der Waals surface area contributed by atoms with Gasteiger partial charge in [-0.2, -0.15) is 5.10 Å². The van der Waals surface area contributed by atoms with Gasteiger partial charge in [0.1, 0.15) is 18.1 Å². The van der Waals surface area contributed by atoms with Crippen LogP contribution in [0.2, 0.25) is 10.0 Å². The number of hydrogen-bond donors (Lipinski definition) is 2. The predicted molar refractivity (Wildman–Crippen MR) is 258 cm³/mol. The van der Waals surface area contributed by atoms with E-state index in [1.807, 2.05) is 31.2 Å². The second-order valence-corrected chi connectivity index (χ2v) is 17.2. The summed E-state index contributed by atoms with van der Waals surface area (Å²) in [6, 6.07) is 22.0. The largest absolute Gasteiger partial charge is 0.457 e. The fourth-order valence-corrected chi connectivity index (χ4v) is 8.37. The third kappa shape index (κ3) is 12.3. The Labute approximate surface area is 400 Å². The third-order valence-electron chi connectivity index (χ3n) is 10.8. The number of fused-ring (bicyclic) bond motifs is 3. The summed E-state index contributed by atoms with van der Waals surface area (Å²) in [5.74, 6) is -0.0370. The van der Waals surface area contributed by atoms with Gasteiger partial charge >= 0.3 is 6.01 Å². The van der Waals surface area contributed by atoms with E-state index in [9.17, 15) is 9.59 Å². The molecule has 0 aliphatic carbocycles. The van der Waals surface area contributed by atoms with Gasteiger partial charge in [0.05, 0.1) is 93.4 Å². The zero-order valence-corrected chi connectivity index (χ0v) is 39.4. The molecule has 0 fully saturated rings. The lowest BCUT2D eigenvalue weighted by Gasteiger charge is -2.14. The summed E-state index contributed by atoms with van der Waals surface area (Å²) in [5.41, 5.74) is 5.70. The summed E-state index contributed by atoms with van der Waals surface area (Å²) in [6.07, 6.45) is 4.52. The van der Waals surface area contributed by atoms with Gasteiger partial charge in [-0.05, 0) is 66.4 Å². The van der Waals surface area contributed by atoms with Crippen LogP contribution in [0.25, 0.3) is 32.2 Å². The Hall–Kier alpha value is -5.99. The van der Waals surface area contributed by atoms with E-state index in [1.54, 1.807) is 39.4 Å². The molecular formula is C47H50Cl2N10O7S. The number of hydrazone groups is 1. The fraction of sp³-hybridized carbons (Fsp3) is 0.340. The van der Waals surface area contributed by atoms with Gasteiger partial charge in [0.2, 0.25) is 0 Å². The van der Waals surface area contributed by atoms with Crippen molar-refractivity contribution in [3.05, 3.63) is 118 Å². The second-order valence-electron chi connectivity index (χ2n) is 15.4. The number of rotatable bonds is 23. The molecule has 20 heteroatoms. The number of nitrogens with zero attached hydrogens (tertiary/aromatic N) is 8. The van der Waals surface area contributed by atoms with Crippen LogP contribution in [0.5, 0.6) is 6.01 Å². The van der Waals surface area contributed by atoms with Crippen molar-refractivity contribution in [2.75, 3.05) is 71.0 Å². The minimum absolute atomic E-state index is 0.0322. The number of thiophene rings is 1. The van der Waals surface area contributed by atoms with Crippen LogP contribution in [0.1, 0.15) is 40.3 Å². The highest BCUT2D eigenvalue weighted by molar-refractivity contribution is 7.13. The van der Waals surface area contributed by atoms with E-state index >= 15 is 0 Å². The molecule has 7 aromatic rings. The maximum absolute atomic E-state index is 13.0. The average molecular weight is 970 g/mol. The Bertz CT molecular complexity index is 2800. The lowest BCUT2D eigenvalue weighted by atomic mass is 10.1. The molecule has 5 heterocycles. The maximum Gasteiger partial charge on any atom is 0.316 e. The molecule has 1 unspecified atom stereocenters. The lowest BCUT2D eigenvalue weighted by Crippen LogP contribution is -2.33. The third-order valence-corrected chi connectivity index (χ3v) is 12.4. The number of benzene rings is 3. The van der Waals surface area contributed by atoms with Crippen molar-refractivity contribution in [1.82, 2.24) is 40.2 Å². The summed E-state index contributed by atoms with van der Waals surface area (Å²) in [5, 5.41) is 25.5. The van der Waals surface area contributed by atoms with Crippen LogP contribution in [0.4, 0.5) is 5.69 Å². The van der Waals surface area contributed by atoms with E-state index in [-0.39, 0.29) is 35.9 Å². The van der Waals surface area contributed by atoms with E-state index in [1.165, 1.54) is 28.4 Å². The molecule has 0 saturated carbocycles. The summed E-state index contributed by atoms with van der Waals surface area (Å²) < 4.78 is 32.1. The Morgan fingerprint density at radius 2 is 1.57 bits per heavy atom. The molecule has 0 radical (unpaired) electrons. The number of nitrogens with one attached hydrogen (secondary N) is 2. The van der Waals surface area contributed by atoms with Crippen LogP contribution in [-0.2, 0) is 38.6 Å². The molecule has 67 heavy (non-hydrogen) atoms. The number of carbonyl (C=O) groups excluding carboxylic acids is 2. The minimum atomic E-state index is -0.389. The second kappa shape index (κ2) is 23.1. The van der Waals surface area contributed by atoms with Crippen LogP contribution < -0.4 is 20.4 Å². The quantitative estimate of drug-likeness (QED) is 0.0604. The molecule has 1 aliphatic rings. The van der Waals surface area contributed by atoms with Crippen molar-refractivity contribution in [2.24, 2.45) is 11.0 Å². The van der Waals surface area contributed by atoms with Crippen LogP contribution in [0, 0.1) is 5.92 Å². The molecule has 4 aromatic heterocycles. The number of ether oxygens (including phenoxy) is 5. The van der Waals surface area contributed by atoms with Crippen LogP contribution in [0.3, 0.4) is 0 Å². The first kappa shape index (κ1) is 47.5. The number of amides is 2. The lowest BCUT2D eigenvalue weighted by molar-refractivity contribution is -0.00239. The van der Waals surface area contributed by atoms with Crippen molar-refractivity contribution in [1.29, 1.82) is 0 Å². The number of amidine groups is 1. The van der Waals surface area contributed by atoms with Gasteiger partial charge in [0.15, 0.2) is 0 Å². The number of aromatic nitrogens is 6. The zero-order chi connectivity index (χ0) is 46.5. The Morgan fingerprint density at radius 1 is 0.806 bits per heavy atom. The van der Waals surface area contributed by atoms with Crippen molar-refractivity contribution in [3.8, 4) is 16.5 Å². The topological polar surface area (TPSA) is 181 Å². The normalized spacial score (nSPS) is 13.7. The molecule has 1 atom stereocenters. The number of carbonyl (C=O) groups is 2. The number of hydrogen-bond acceptors (Lipinski definition) is 14. The summed E-state index contributed by atoms with van der Waals surface area (Å²) >= 11 is 13.9. The van der Waals surface area contributed by atoms with Gasteiger partial charge in [-0.1, -0.05) is 53.5 Å². The van der Waals surface area contributed by atoms with Crippen LogP contribution in [-0.4, -0.2) is 113 Å². The van der Waals surface area contributed by atoms with Crippen molar-refractivity contribution in [2.45, 2.75) is 33.5 Å². The number of halogens is 2. The molecule has 350 valence electrons. The highest BCUT2D eigenvalue weighted by Gasteiger charge is 2.26. The highest BCUT2D eigenvalue weighted by Crippen LogP contribution is 2.35. The summed E-state index contributed by atoms with van der Waals surface area (Å²) in [4.78, 5) is 35.5. The van der Waals surface area contributed by atoms with E-state index in [4.69, 9.17) is 46.9 Å². The van der Waals surface area contributed by atoms with E-state index in [2.05, 4.69) is 83.2 Å². The Morgan fingerprint density at radius 3 is 2.30 bits per heavy atom. The van der Waals surface area contributed by atoms with E-state index in [0.29, 0.717) is 99.6 Å². The molecule has 2 amide bonds. The van der Waals surface area contributed by atoms with Crippen molar-refractivity contribution in [3.63, 3.8) is 0 Å². The molecule has 3 aromatic carbocycles. The van der Waals surface area contributed by atoms with Gasteiger partial charge in [-0.3, -0.25) is 14.6 Å². The Balaban J connectivity index is 0.633. The van der Waals surface area contributed by atoms with Gasteiger partial charge in [0, 0.05) is 63.6 Å². The molecule has 0 spiro atoms. The first-order chi connectivity index (χ1) is 32.7. The molecule has 0 saturated heterocycles. The van der Waals surface area contributed by atoms with E-state index < -0.39 is 0 Å². The first-order valence-corrected chi connectivity index (χ1v) is 23.5. The van der Waals surface area contributed by atoms with Crippen molar-refractivity contribution >= 4 is 79.7 Å². The first-order valence-electron chi connectivity index (χ1n) is 21.9. The van der Waals surface area contributed by atoms with Crippen LogP contribution in [0.15, 0.2) is 95.8 Å². The number of aryl methyl sites for hydroxylation is 1. The van der Waals surface area contributed by atoms with Gasteiger partial charge < -0.3 is 38.9 Å². The standard InChI is InChI=1S/C47H50Cl2N10O7S/c1-3-58-41-11-7-33(23-38(41)37-9-6-32(24-42(37)58)43-5-4-22-67-43)45(60)50-12-14-62-16-18-64-20-21-65-19-17-63-15-13-57-29-35(54-56-57)30-66-47-51-26-34(27-52-47)46(61)53-44-31(2)28-59(55-44)36-8-10-39(48)40(49)25-36/h4-11,22-27,29,31H,3,12-21,28,30H2,1-2H3,(H,50,60)(H,53,55,61). The highest BCUT2D eigenvalue weighted by atomic mass is 35.5. The van der Waals surface area contributed by atoms with Gasteiger partial charge in [-0.15, -0.1) is 16.4 Å². The molecule has 1 aliphatic heterocycles. The number of anilines is 1. The predicted octanol–water partition coefficient (Wildman–Crippen LogP) is 7.51. The SMILES string of the molecule is CCn1c2ccc(C(=O)NCCOCCOCCOCCOCCn3cc(COc4ncc(C(=O)NC5=NN(c6ccc(Cl)c(Cl)c6)CC5C)cn4)nn3)cc2c2ccc(-c3cccs3)cc21. The molecule has 17 nitrogen and oxygen atoms in total. The minimum Gasteiger partial charge on any atom is -0.457 e. The molecule has 2 N–H and O–H groups in total. The van der Waals surface area contributed by atoms with Crippen LogP contribution >= 0.6 is 34.5 Å². The summed E-state index contributed by atoms with van der Waals surface area (Å²) in [6.45, 7) is 9.82. The molecular weight excluding hydrogens is 920 g/mol. The monoisotopic (exact) mass is 968 g/mol.